The lowest BCUT2D eigenvalue weighted by molar-refractivity contribution is -0.120. The molecule has 2 amide bonds. The van der Waals surface area contributed by atoms with E-state index in [-0.39, 0.29) is 5.91 Å². The second-order valence-electron chi connectivity index (χ2n) is 7.97. The van der Waals surface area contributed by atoms with Crippen molar-refractivity contribution in [1.82, 2.24) is 9.88 Å². The van der Waals surface area contributed by atoms with Crippen LogP contribution in [-0.4, -0.2) is 47.2 Å². The van der Waals surface area contributed by atoms with Crippen LogP contribution in [0.2, 0.25) is 0 Å². The number of aromatic nitrogens is 1. The molecule has 0 spiro atoms. The minimum absolute atomic E-state index is 0.233. The van der Waals surface area contributed by atoms with Gasteiger partial charge in [0.05, 0.1) is 12.8 Å². The van der Waals surface area contributed by atoms with Crippen LogP contribution in [0.15, 0.2) is 24.3 Å². The van der Waals surface area contributed by atoms with Gasteiger partial charge in [-0.05, 0) is 64.8 Å². The van der Waals surface area contributed by atoms with E-state index >= 15 is 0 Å². The largest absolute Gasteiger partial charge is 0.497 e. The number of hydrogen-bond acceptors (Lipinski definition) is 6. The van der Waals surface area contributed by atoms with Crippen LogP contribution < -0.4 is 10.1 Å². The molecule has 0 saturated carbocycles. The van der Waals surface area contributed by atoms with E-state index in [0.29, 0.717) is 18.1 Å². The predicted octanol–water partition coefficient (Wildman–Crippen LogP) is 4.47. The Bertz CT molecular complexity index is 886. The van der Waals surface area contributed by atoms with E-state index in [1.54, 1.807) is 7.11 Å². The Morgan fingerprint density at radius 2 is 1.93 bits per heavy atom. The summed E-state index contributed by atoms with van der Waals surface area (Å²) >= 11 is 1.42. The third kappa shape index (κ3) is 5.06. The van der Waals surface area contributed by atoms with Gasteiger partial charge < -0.3 is 14.8 Å². The molecule has 0 radical (unpaired) electrons. The van der Waals surface area contributed by atoms with Gasteiger partial charge in [0.2, 0.25) is 5.91 Å². The fourth-order valence-corrected chi connectivity index (χ4v) is 4.07. The molecule has 29 heavy (non-hydrogen) atoms. The Hall–Kier alpha value is -2.61. The second-order valence-corrected chi connectivity index (χ2v) is 9.18. The van der Waals surface area contributed by atoms with Gasteiger partial charge in [0.25, 0.3) is 0 Å². The summed E-state index contributed by atoms with van der Waals surface area (Å²) in [6.07, 6.45) is 0.927. The molecule has 0 aliphatic carbocycles. The number of anilines is 1. The molecule has 0 bridgehead atoms. The third-order valence-electron chi connectivity index (χ3n) is 4.57. The maximum absolute atomic E-state index is 12.8. The Morgan fingerprint density at radius 1 is 1.24 bits per heavy atom. The molecule has 1 N–H and O–H groups in total. The summed E-state index contributed by atoms with van der Waals surface area (Å²) in [5.41, 5.74) is 1.18. The molecule has 2 aromatic rings. The summed E-state index contributed by atoms with van der Waals surface area (Å²) < 4.78 is 10.6. The number of hydrogen-bond donors (Lipinski definition) is 1. The number of amides is 2. The number of rotatable bonds is 4. The number of carbonyl (C=O) groups excluding carboxylic acids is 2. The van der Waals surface area contributed by atoms with Crippen molar-refractivity contribution in [1.29, 1.82) is 0 Å². The summed E-state index contributed by atoms with van der Waals surface area (Å²) in [6, 6.07) is 7.09. The van der Waals surface area contributed by atoms with Gasteiger partial charge in [-0.3, -0.25) is 9.69 Å². The van der Waals surface area contributed by atoms with Gasteiger partial charge >= 0.3 is 6.09 Å². The SMILES string of the molecule is COc1ccc(-c2nc(NC(=O)[C@@H]3CCCN3C(=O)OC(C)(C)C)sc2C)cc1. The lowest BCUT2D eigenvalue weighted by atomic mass is 10.1. The van der Waals surface area contributed by atoms with Crippen molar-refractivity contribution in [3.63, 3.8) is 0 Å². The van der Waals surface area contributed by atoms with Gasteiger partial charge in [-0.2, -0.15) is 0 Å². The molecular weight excluding hydrogens is 390 g/mol. The molecule has 3 rings (SSSR count). The van der Waals surface area contributed by atoms with Gasteiger partial charge in [0.15, 0.2) is 5.13 Å². The Labute approximate surface area is 175 Å². The molecule has 1 aliphatic rings. The van der Waals surface area contributed by atoms with Gasteiger partial charge in [-0.25, -0.2) is 9.78 Å². The molecule has 1 atom stereocenters. The van der Waals surface area contributed by atoms with E-state index in [0.717, 1.165) is 28.3 Å². The van der Waals surface area contributed by atoms with Crippen molar-refractivity contribution in [2.45, 2.75) is 52.2 Å². The molecule has 1 aromatic heterocycles. The maximum atomic E-state index is 12.8. The Morgan fingerprint density at radius 3 is 2.55 bits per heavy atom. The number of likely N-dealkylation sites (tertiary alicyclic amines) is 1. The van der Waals surface area contributed by atoms with Gasteiger partial charge in [-0.1, -0.05) is 0 Å². The predicted molar refractivity (Wildman–Crippen MR) is 113 cm³/mol. The van der Waals surface area contributed by atoms with E-state index in [1.165, 1.54) is 16.2 Å². The summed E-state index contributed by atoms with van der Waals surface area (Å²) in [4.78, 5) is 32.3. The molecule has 8 heteroatoms. The summed E-state index contributed by atoms with van der Waals surface area (Å²) in [7, 11) is 1.63. The number of aryl methyl sites for hydroxylation is 1. The van der Waals surface area contributed by atoms with Crippen molar-refractivity contribution < 1.29 is 19.1 Å². The van der Waals surface area contributed by atoms with Crippen molar-refractivity contribution in [3.05, 3.63) is 29.1 Å². The molecule has 7 nitrogen and oxygen atoms in total. The maximum Gasteiger partial charge on any atom is 0.410 e. The number of ether oxygens (including phenoxy) is 2. The average Bonchev–Trinajstić information content (AvgIpc) is 3.27. The highest BCUT2D eigenvalue weighted by Gasteiger charge is 2.37. The number of methoxy groups -OCH3 is 1. The van der Waals surface area contributed by atoms with E-state index in [4.69, 9.17) is 9.47 Å². The number of benzene rings is 1. The highest BCUT2D eigenvalue weighted by Crippen LogP contribution is 2.32. The minimum Gasteiger partial charge on any atom is -0.497 e. The van der Waals surface area contributed by atoms with Crippen LogP contribution in [0.3, 0.4) is 0 Å². The molecular formula is C21H27N3O4S. The molecule has 2 heterocycles. The van der Waals surface area contributed by atoms with Gasteiger partial charge in [-0.15, -0.1) is 11.3 Å². The second kappa shape index (κ2) is 8.41. The smallest absolute Gasteiger partial charge is 0.410 e. The molecule has 1 fully saturated rings. The molecule has 0 unspecified atom stereocenters. The number of nitrogens with one attached hydrogen (secondary N) is 1. The first-order chi connectivity index (χ1) is 13.7. The monoisotopic (exact) mass is 417 g/mol. The average molecular weight is 418 g/mol. The van der Waals surface area contributed by atoms with Crippen LogP contribution in [0.1, 0.15) is 38.5 Å². The van der Waals surface area contributed by atoms with Crippen LogP contribution in [0.25, 0.3) is 11.3 Å². The zero-order valence-electron chi connectivity index (χ0n) is 17.4. The highest BCUT2D eigenvalue weighted by molar-refractivity contribution is 7.16. The zero-order valence-corrected chi connectivity index (χ0v) is 18.3. The minimum atomic E-state index is -0.597. The van der Waals surface area contributed by atoms with Crippen molar-refractivity contribution in [3.8, 4) is 17.0 Å². The zero-order chi connectivity index (χ0) is 21.2. The fourth-order valence-electron chi connectivity index (χ4n) is 3.23. The van der Waals surface area contributed by atoms with E-state index in [1.807, 2.05) is 52.0 Å². The van der Waals surface area contributed by atoms with Crippen LogP contribution in [-0.2, 0) is 9.53 Å². The highest BCUT2D eigenvalue weighted by atomic mass is 32.1. The Kier molecular flexibility index (Phi) is 6.12. The number of carbonyl (C=O) groups is 2. The lowest BCUT2D eigenvalue weighted by Gasteiger charge is -2.27. The molecule has 156 valence electrons. The molecule has 1 saturated heterocycles. The molecule has 1 aromatic carbocycles. The van der Waals surface area contributed by atoms with Crippen LogP contribution in [0.4, 0.5) is 9.93 Å². The summed E-state index contributed by atoms with van der Waals surface area (Å²) in [6.45, 7) is 7.93. The Balaban J connectivity index is 1.71. The van der Waals surface area contributed by atoms with Gasteiger partial charge in [0, 0.05) is 17.0 Å². The van der Waals surface area contributed by atoms with Crippen LogP contribution >= 0.6 is 11.3 Å². The third-order valence-corrected chi connectivity index (χ3v) is 5.46. The first-order valence-corrected chi connectivity index (χ1v) is 10.4. The topological polar surface area (TPSA) is 80.8 Å². The summed E-state index contributed by atoms with van der Waals surface area (Å²) in [5.74, 6) is 0.544. The number of nitrogens with zero attached hydrogens (tertiary/aromatic N) is 2. The van der Waals surface area contributed by atoms with Crippen LogP contribution in [0.5, 0.6) is 5.75 Å². The van der Waals surface area contributed by atoms with E-state index in [2.05, 4.69) is 10.3 Å². The van der Waals surface area contributed by atoms with E-state index < -0.39 is 17.7 Å². The standard InChI is InChI=1S/C21H27N3O4S/c1-13-17(14-8-10-15(27-5)11-9-14)22-19(29-13)23-18(25)16-7-6-12-24(16)20(26)28-21(2,3)4/h8-11,16H,6-7,12H2,1-5H3,(H,22,23,25)/t16-/m0/s1. The van der Waals surface area contributed by atoms with Crippen LogP contribution in [0, 0.1) is 6.92 Å². The van der Waals surface area contributed by atoms with Crippen molar-refractivity contribution in [2.75, 3.05) is 19.0 Å². The number of thiazole rings is 1. The molecule has 1 aliphatic heterocycles. The van der Waals surface area contributed by atoms with Gasteiger partial charge in [0.1, 0.15) is 17.4 Å². The first-order valence-electron chi connectivity index (χ1n) is 9.60. The quantitative estimate of drug-likeness (QED) is 0.794. The van der Waals surface area contributed by atoms with E-state index in [9.17, 15) is 9.59 Å². The normalized spacial score (nSPS) is 16.6. The first kappa shape index (κ1) is 21.1. The van der Waals surface area contributed by atoms with Crippen molar-refractivity contribution >= 4 is 28.5 Å². The summed E-state index contributed by atoms with van der Waals surface area (Å²) in [5, 5.41) is 3.40. The van der Waals surface area contributed by atoms with Crippen molar-refractivity contribution in [2.24, 2.45) is 0 Å². The lowest BCUT2D eigenvalue weighted by Crippen LogP contribution is -2.45. The fraction of sp³-hybridized carbons (Fsp3) is 0.476.